The van der Waals surface area contributed by atoms with E-state index in [0.717, 1.165) is 4.90 Å². The quantitative estimate of drug-likeness (QED) is 0.549. The zero-order valence-electron chi connectivity index (χ0n) is 15.9. The van der Waals surface area contributed by atoms with Gasteiger partial charge in [-0.05, 0) is 44.2 Å². The van der Waals surface area contributed by atoms with Gasteiger partial charge in [-0.1, -0.05) is 29.8 Å². The fourth-order valence-electron chi connectivity index (χ4n) is 2.82. The van der Waals surface area contributed by atoms with Crippen LogP contribution in [0, 0.1) is 0 Å². The average Bonchev–Trinajstić information content (AvgIpc) is 2.93. The monoisotopic (exact) mass is 414 g/mol. The predicted molar refractivity (Wildman–Crippen MR) is 109 cm³/mol. The molecule has 1 heterocycles. The Morgan fingerprint density at radius 2 is 1.79 bits per heavy atom. The summed E-state index contributed by atoms with van der Waals surface area (Å²) in [6.45, 7) is 4.18. The Bertz CT molecular complexity index is 1000. The van der Waals surface area contributed by atoms with E-state index >= 15 is 0 Å². The van der Waals surface area contributed by atoms with Gasteiger partial charge in [-0.3, -0.25) is 9.59 Å². The zero-order valence-corrected chi connectivity index (χ0v) is 16.7. The van der Waals surface area contributed by atoms with Gasteiger partial charge in [0.25, 0.3) is 11.8 Å². The average molecular weight is 415 g/mol. The number of amides is 2. The van der Waals surface area contributed by atoms with Crippen LogP contribution in [0.4, 0.5) is 11.4 Å². The summed E-state index contributed by atoms with van der Waals surface area (Å²) in [7, 11) is 0. The standard InChI is InChI=1S/C21H19ClN2O5/c1-3-28-16-11-6-5-10-15(16)23-18-17(22)19(25)24(20(18)26)14-9-7-8-13(12-14)21(27)29-4-2/h5-12,23H,3-4H2,1-2H3. The van der Waals surface area contributed by atoms with E-state index in [4.69, 9.17) is 21.1 Å². The highest BCUT2D eigenvalue weighted by Crippen LogP contribution is 2.33. The summed E-state index contributed by atoms with van der Waals surface area (Å²) < 4.78 is 10.5. The summed E-state index contributed by atoms with van der Waals surface area (Å²) in [5, 5.41) is 2.65. The summed E-state index contributed by atoms with van der Waals surface area (Å²) in [5.74, 6) is -1.34. The Balaban J connectivity index is 1.90. The van der Waals surface area contributed by atoms with Crippen molar-refractivity contribution < 1.29 is 23.9 Å². The SMILES string of the molecule is CCOC(=O)c1cccc(N2C(=O)C(Cl)=C(Nc3ccccc3OCC)C2=O)c1. The molecule has 1 aliphatic heterocycles. The first kappa shape index (κ1) is 20.4. The molecule has 150 valence electrons. The minimum atomic E-state index is -0.686. The van der Waals surface area contributed by atoms with Crippen LogP contribution in [0.25, 0.3) is 0 Å². The Kier molecular flexibility index (Phi) is 6.19. The smallest absolute Gasteiger partial charge is 0.338 e. The van der Waals surface area contributed by atoms with Crippen molar-refractivity contribution in [1.29, 1.82) is 0 Å². The molecule has 0 fully saturated rings. The van der Waals surface area contributed by atoms with Crippen LogP contribution in [-0.4, -0.2) is 31.0 Å². The highest BCUT2D eigenvalue weighted by atomic mass is 35.5. The van der Waals surface area contributed by atoms with Gasteiger partial charge in [0.2, 0.25) is 0 Å². The Labute approximate surface area is 172 Å². The van der Waals surface area contributed by atoms with Crippen molar-refractivity contribution in [3.05, 3.63) is 64.8 Å². The lowest BCUT2D eigenvalue weighted by Gasteiger charge is -2.16. The molecule has 0 aromatic heterocycles. The van der Waals surface area contributed by atoms with Gasteiger partial charge in [-0.25, -0.2) is 9.69 Å². The molecular weight excluding hydrogens is 396 g/mol. The molecule has 7 nitrogen and oxygen atoms in total. The number of imide groups is 1. The van der Waals surface area contributed by atoms with Gasteiger partial charge < -0.3 is 14.8 Å². The molecule has 8 heteroatoms. The molecular formula is C21H19ClN2O5. The molecule has 0 saturated carbocycles. The van der Waals surface area contributed by atoms with Gasteiger partial charge in [-0.15, -0.1) is 0 Å². The van der Waals surface area contributed by atoms with Crippen molar-refractivity contribution >= 4 is 40.8 Å². The maximum absolute atomic E-state index is 13.0. The van der Waals surface area contributed by atoms with E-state index in [2.05, 4.69) is 5.32 Å². The minimum Gasteiger partial charge on any atom is -0.492 e. The van der Waals surface area contributed by atoms with Crippen LogP contribution in [0.1, 0.15) is 24.2 Å². The van der Waals surface area contributed by atoms with Crippen molar-refractivity contribution in [2.75, 3.05) is 23.4 Å². The molecule has 2 aromatic rings. The number of halogens is 1. The number of para-hydroxylation sites is 2. The van der Waals surface area contributed by atoms with Crippen molar-refractivity contribution in [1.82, 2.24) is 0 Å². The van der Waals surface area contributed by atoms with E-state index in [1.807, 2.05) is 6.92 Å². The lowest BCUT2D eigenvalue weighted by Crippen LogP contribution is -2.32. The van der Waals surface area contributed by atoms with Crippen LogP contribution in [0.15, 0.2) is 59.3 Å². The highest BCUT2D eigenvalue weighted by Gasteiger charge is 2.39. The van der Waals surface area contributed by atoms with Crippen molar-refractivity contribution in [3.8, 4) is 5.75 Å². The van der Waals surface area contributed by atoms with Gasteiger partial charge in [0.15, 0.2) is 0 Å². The Hall–Kier alpha value is -3.32. The lowest BCUT2D eigenvalue weighted by atomic mass is 10.2. The third-order valence-electron chi connectivity index (χ3n) is 4.09. The molecule has 0 bridgehead atoms. The van der Waals surface area contributed by atoms with Crippen molar-refractivity contribution in [3.63, 3.8) is 0 Å². The van der Waals surface area contributed by atoms with Crippen molar-refractivity contribution in [2.24, 2.45) is 0 Å². The van der Waals surface area contributed by atoms with E-state index in [1.54, 1.807) is 49.4 Å². The second-order valence-electron chi connectivity index (χ2n) is 5.96. The van der Waals surface area contributed by atoms with Gasteiger partial charge in [0, 0.05) is 0 Å². The molecule has 0 spiro atoms. The summed E-state index contributed by atoms with van der Waals surface area (Å²) in [5.41, 5.74) is 0.888. The van der Waals surface area contributed by atoms with E-state index < -0.39 is 17.8 Å². The number of carbonyl (C=O) groups excluding carboxylic acids is 3. The molecule has 0 atom stereocenters. The summed E-state index contributed by atoms with van der Waals surface area (Å²) in [6, 6.07) is 13.1. The number of carbonyl (C=O) groups is 3. The van der Waals surface area contributed by atoms with Gasteiger partial charge in [-0.2, -0.15) is 0 Å². The van der Waals surface area contributed by atoms with Crippen LogP contribution in [-0.2, 0) is 14.3 Å². The van der Waals surface area contributed by atoms with Crippen LogP contribution in [0.2, 0.25) is 0 Å². The Morgan fingerprint density at radius 1 is 1.03 bits per heavy atom. The number of hydrogen-bond donors (Lipinski definition) is 1. The third kappa shape index (κ3) is 4.09. The fraction of sp³-hybridized carbons (Fsp3) is 0.190. The normalized spacial score (nSPS) is 13.7. The number of nitrogens with zero attached hydrogens (tertiary/aromatic N) is 1. The van der Waals surface area contributed by atoms with Gasteiger partial charge >= 0.3 is 5.97 Å². The molecule has 29 heavy (non-hydrogen) atoms. The van der Waals surface area contributed by atoms with Gasteiger partial charge in [0.05, 0.1) is 30.2 Å². The minimum absolute atomic E-state index is 0.0645. The second-order valence-corrected chi connectivity index (χ2v) is 6.34. The van der Waals surface area contributed by atoms with E-state index in [0.29, 0.717) is 18.0 Å². The molecule has 3 rings (SSSR count). The number of benzene rings is 2. The fourth-order valence-corrected chi connectivity index (χ4v) is 3.03. The van der Waals surface area contributed by atoms with E-state index in [1.165, 1.54) is 6.07 Å². The molecule has 1 aliphatic rings. The topological polar surface area (TPSA) is 84.9 Å². The first-order chi connectivity index (χ1) is 14.0. The summed E-state index contributed by atoms with van der Waals surface area (Å²) >= 11 is 6.17. The number of anilines is 2. The molecule has 0 unspecified atom stereocenters. The molecule has 0 radical (unpaired) electrons. The summed E-state index contributed by atoms with van der Waals surface area (Å²) in [4.78, 5) is 38.5. The largest absolute Gasteiger partial charge is 0.492 e. The van der Waals surface area contributed by atoms with Crippen LogP contribution in [0.3, 0.4) is 0 Å². The molecule has 0 saturated heterocycles. The highest BCUT2D eigenvalue weighted by molar-refractivity contribution is 6.53. The lowest BCUT2D eigenvalue weighted by molar-refractivity contribution is -0.120. The molecule has 1 N–H and O–H groups in total. The number of nitrogens with one attached hydrogen (secondary N) is 1. The first-order valence-electron chi connectivity index (χ1n) is 9.02. The van der Waals surface area contributed by atoms with Crippen LogP contribution >= 0.6 is 11.6 Å². The maximum atomic E-state index is 13.0. The molecule has 2 aromatic carbocycles. The zero-order chi connectivity index (χ0) is 21.0. The molecule has 2 amide bonds. The third-order valence-corrected chi connectivity index (χ3v) is 4.44. The van der Waals surface area contributed by atoms with Crippen LogP contribution < -0.4 is 15.0 Å². The van der Waals surface area contributed by atoms with E-state index in [9.17, 15) is 14.4 Å². The molecule has 0 aliphatic carbocycles. The maximum Gasteiger partial charge on any atom is 0.338 e. The summed E-state index contributed by atoms with van der Waals surface area (Å²) in [6.07, 6.45) is 0. The predicted octanol–water partition coefficient (Wildman–Crippen LogP) is 3.70. The van der Waals surface area contributed by atoms with E-state index in [-0.39, 0.29) is 28.6 Å². The Morgan fingerprint density at radius 3 is 2.52 bits per heavy atom. The van der Waals surface area contributed by atoms with Gasteiger partial charge in [0.1, 0.15) is 16.5 Å². The second kappa shape index (κ2) is 8.79. The van der Waals surface area contributed by atoms with Crippen molar-refractivity contribution in [2.45, 2.75) is 13.8 Å². The number of esters is 1. The van der Waals surface area contributed by atoms with Crippen LogP contribution in [0.5, 0.6) is 5.75 Å². The number of rotatable bonds is 7. The first-order valence-corrected chi connectivity index (χ1v) is 9.40. The number of ether oxygens (including phenoxy) is 2. The number of hydrogen-bond acceptors (Lipinski definition) is 6.